The minimum atomic E-state index is -0.439. The van der Waals surface area contributed by atoms with Crippen molar-refractivity contribution in [3.8, 4) is 0 Å². The molecule has 1 aromatic rings. The van der Waals surface area contributed by atoms with Gasteiger partial charge in [-0.25, -0.2) is 4.39 Å². The molecule has 0 bridgehead atoms. The predicted octanol–water partition coefficient (Wildman–Crippen LogP) is 3.33. The molecule has 0 spiro atoms. The Hall–Kier alpha value is -0.890. The van der Waals surface area contributed by atoms with Gasteiger partial charge in [0.15, 0.2) is 0 Å². The minimum absolute atomic E-state index is 0.0711. The van der Waals surface area contributed by atoms with Gasteiger partial charge in [0.25, 0.3) is 0 Å². The Labute approximate surface area is 87.9 Å². The molecule has 0 radical (unpaired) electrons. The van der Waals surface area contributed by atoms with E-state index >= 15 is 0 Å². The van der Waals surface area contributed by atoms with E-state index in [2.05, 4.69) is 0 Å². The van der Waals surface area contributed by atoms with Gasteiger partial charge in [-0.2, -0.15) is 0 Å². The molecule has 3 heteroatoms. The zero-order valence-corrected chi connectivity index (χ0v) is 8.88. The van der Waals surface area contributed by atoms with Gasteiger partial charge in [-0.3, -0.25) is 4.79 Å². The second-order valence-corrected chi connectivity index (χ2v) is 3.95. The number of carbonyl (C=O) groups is 1. The van der Waals surface area contributed by atoms with Gasteiger partial charge >= 0.3 is 0 Å². The lowest BCUT2D eigenvalue weighted by Gasteiger charge is -2.16. The van der Waals surface area contributed by atoms with E-state index in [1.807, 2.05) is 13.8 Å². The summed E-state index contributed by atoms with van der Waals surface area (Å²) in [6.07, 6.45) is 0. The highest BCUT2D eigenvalue weighted by Crippen LogP contribution is 2.27. The van der Waals surface area contributed by atoms with Gasteiger partial charge in [-0.05, 0) is 35.2 Å². The van der Waals surface area contributed by atoms with Crippen molar-refractivity contribution in [2.75, 3.05) is 0 Å². The number of benzene rings is 1. The van der Waals surface area contributed by atoms with E-state index in [1.54, 1.807) is 12.1 Å². The number of hydrogen-bond acceptors (Lipinski definition) is 1. The lowest BCUT2D eigenvalue weighted by molar-refractivity contribution is -0.113. The molecule has 1 atom stereocenters. The molecular weight excluding hydrogens is 203 g/mol. The fourth-order valence-corrected chi connectivity index (χ4v) is 1.86. The number of halogens is 2. The monoisotopic (exact) mass is 214 g/mol. The second-order valence-electron chi connectivity index (χ2n) is 3.58. The van der Waals surface area contributed by atoms with E-state index in [1.165, 1.54) is 12.1 Å². The molecule has 1 nitrogen and oxygen atoms in total. The number of carbonyl (C=O) groups excluding carboxylic acids is 1. The first kappa shape index (κ1) is 11.2. The van der Waals surface area contributed by atoms with Crippen LogP contribution in [0.2, 0.25) is 0 Å². The third-order valence-electron chi connectivity index (χ3n) is 2.12. The molecule has 1 rings (SSSR count). The van der Waals surface area contributed by atoms with Crippen molar-refractivity contribution in [3.05, 3.63) is 35.6 Å². The van der Waals surface area contributed by atoms with E-state index in [4.69, 9.17) is 11.6 Å². The zero-order chi connectivity index (χ0) is 10.7. The fraction of sp³-hybridized carbons (Fsp3) is 0.364. The zero-order valence-electron chi connectivity index (χ0n) is 8.13. The van der Waals surface area contributed by atoms with Gasteiger partial charge in [-0.15, -0.1) is 0 Å². The van der Waals surface area contributed by atoms with Crippen LogP contribution >= 0.6 is 11.6 Å². The largest absolute Gasteiger partial charge is 0.281 e. The van der Waals surface area contributed by atoms with Crippen LogP contribution in [0.25, 0.3) is 0 Å². The van der Waals surface area contributed by atoms with E-state index in [9.17, 15) is 9.18 Å². The van der Waals surface area contributed by atoms with Crippen molar-refractivity contribution in [2.24, 2.45) is 5.92 Å². The highest BCUT2D eigenvalue weighted by Gasteiger charge is 2.22. The predicted molar refractivity (Wildman–Crippen MR) is 54.8 cm³/mol. The van der Waals surface area contributed by atoms with Gasteiger partial charge in [-0.1, -0.05) is 26.0 Å². The van der Waals surface area contributed by atoms with Crippen LogP contribution in [0.1, 0.15) is 25.3 Å². The average molecular weight is 215 g/mol. The highest BCUT2D eigenvalue weighted by atomic mass is 35.5. The Morgan fingerprint density at radius 1 is 1.43 bits per heavy atom. The van der Waals surface area contributed by atoms with Crippen molar-refractivity contribution in [2.45, 2.75) is 19.8 Å². The maximum Gasteiger partial charge on any atom is 0.229 e. The molecule has 0 aliphatic carbocycles. The molecular formula is C11H12ClFO. The van der Waals surface area contributed by atoms with Crippen molar-refractivity contribution in [1.29, 1.82) is 0 Å². The summed E-state index contributed by atoms with van der Waals surface area (Å²) in [6.45, 7) is 3.77. The number of hydrogen-bond donors (Lipinski definition) is 0. The minimum Gasteiger partial charge on any atom is -0.281 e. The topological polar surface area (TPSA) is 17.1 Å². The molecule has 0 amide bonds. The third-order valence-corrected chi connectivity index (χ3v) is 2.35. The van der Waals surface area contributed by atoms with E-state index in [0.717, 1.165) is 0 Å². The van der Waals surface area contributed by atoms with Crippen LogP contribution in [0.3, 0.4) is 0 Å². The van der Waals surface area contributed by atoms with Crippen LogP contribution in [0.15, 0.2) is 24.3 Å². The van der Waals surface area contributed by atoms with Crippen LogP contribution in [0.4, 0.5) is 4.39 Å². The van der Waals surface area contributed by atoms with Crippen molar-refractivity contribution in [3.63, 3.8) is 0 Å². The van der Waals surface area contributed by atoms with Crippen LogP contribution in [-0.4, -0.2) is 5.24 Å². The Kier molecular flexibility index (Phi) is 3.64. The summed E-state index contributed by atoms with van der Waals surface area (Å²) in [6, 6.07) is 6.00. The molecule has 0 saturated carbocycles. The third kappa shape index (κ3) is 2.55. The van der Waals surface area contributed by atoms with Gasteiger partial charge in [0.1, 0.15) is 5.82 Å². The van der Waals surface area contributed by atoms with Gasteiger partial charge in [0.05, 0.1) is 5.92 Å². The smallest absolute Gasteiger partial charge is 0.229 e. The molecule has 0 saturated heterocycles. The lowest BCUT2D eigenvalue weighted by Crippen LogP contribution is -2.13. The summed E-state index contributed by atoms with van der Waals surface area (Å²) in [5.74, 6) is -0.694. The van der Waals surface area contributed by atoms with Gasteiger partial charge < -0.3 is 0 Å². The van der Waals surface area contributed by atoms with Gasteiger partial charge in [0, 0.05) is 0 Å². The molecule has 1 unspecified atom stereocenters. The summed E-state index contributed by atoms with van der Waals surface area (Å²) in [5.41, 5.74) is 0.639. The average Bonchev–Trinajstić information content (AvgIpc) is 2.02. The summed E-state index contributed by atoms with van der Waals surface area (Å²) < 4.78 is 12.9. The normalized spacial score (nSPS) is 12.9. The fourth-order valence-electron chi connectivity index (χ4n) is 1.48. The SMILES string of the molecule is CC(C)C(C(=O)Cl)c1cccc(F)c1. The van der Waals surface area contributed by atoms with Crippen LogP contribution in [-0.2, 0) is 4.79 Å². The molecule has 0 heterocycles. The highest BCUT2D eigenvalue weighted by molar-refractivity contribution is 6.64. The summed E-state index contributed by atoms with van der Waals surface area (Å²) in [5, 5.41) is -0.439. The molecule has 0 aromatic heterocycles. The number of rotatable bonds is 3. The summed E-state index contributed by atoms with van der Waals surface area (Å²) >= 11 is 5.46. The first-order valence-electron chi connectivity index (χ1n) is 4.47. The molecule has 14 heavy (non-hydrogen) atoms. The standard InChI is InChI=1S/C11H12ClFO/c1-7(2)10(11(12)14)8-4-3-5-9(13)6-8/h3-7,10H,1-2H3. The molecule has 0 aliphatic heterocycles. The summed E-state index contributed by atoms with van der Waals surface area (Å²) in [7, 11) is 0. The Bertz CT molecular complexity index is 336. The first-order valence-corrected chi connectivity index (χ1v) is 4.85. The van der Waals surface area contributed by atoms with Gasteiger partial charge in [0.2, 0.25) is 5.24 Å². The van der Waals surface area contributed by atoms with Crippen LogP contribution in [0, 0.1) is 11.7 Å². The Morgan fingerprint density at radius 3 is 2.50 bits per heavy atom. The summed E-state index contributed by atoms with van der Waals surface area (Å²) in [4.78, 5) is 11.1. The lowest BCUT2D eigenvalue weighted by atomic mass is 9.90. The van der Waals surface area contributed by atoms with Crippen LogP contribution < -0.4 is 0 Å². The molecule has 0 N–H and O–H groups in total. The second kappa shape index (κ2) is 4.56. The maximum absolute atomic E-state index is 12.9. The molecule has 0 fully saturated rings. The molecule has 0 aliphatic rings. The van der Waals surface area contributed by atoms with E-state index in [-0.39, 0.29) is 11.7 Å². The van der Waals surface area contributed by atoms with E-state index in [0.29, 0.717) is 5.56 Å². The van der Waals surface area contributed by atoms with Crippen molar-refractivity contribution in [1.82, 2.24) is 0 Å². The first-order chi connectivity index (χ1) is 6.52. The Morgan fingerprint density at radius 2 is 2.07 bits per heavy atom. The quantitative estimate of drug-likeness (QED) is 0.706. The maximum atomic E-state index is 12.9. The molecule has 76 valence electrons. The molecule has 1 aromatic carbocycles. The Balaban J connectivity index is 3.05. The van der Waals surface area contributed by atoms with Crippen molar-refractivity contribution >= 4 is 16.8 Å². The van der Waals surface area contributed by atoms with Crippen molar-refractivity contribution < 1.29 is 9.18 Å². The van der Waals surface area contributed by atoms with E-state index < -0.39 is 11.2 Å². The van der Waals surface area contributed by atoms with Crippen LogP contribution in [0.5, 0.6) is 0 Å².